The zero-order valence-electron chi connectivity index (χ0n) is 20.9. The van der Waals surface area contributed by atoms with Crippen LogP contribution in [0.5, 0.6) is 5.75 Å². The summed E-state index contributed by atoms with van der Waals surface area (Å²) in [5, 5.41) is 5.49. The number of amides is 2. The molecule has 5 rings (SSSR count). The molecule has 1 aliphatic carbocycles. The van der Waals surface area contributed by atoms with Crippen molar-refractivity contribution in [2.75, 3.05) is 26.8 Å². The Morgan fingerprint density at radius 1 is 1.11 bits per heavy atom. The van der Waals surface area contributed by atoms with Crippen LogP contribution in [0.15, 0.2) is 36.4 Å². The molecule has 1 saturated carbocycles. The fraction of sp³-hybridized carbons (Fsp3) is 0.586. The number of rotatable bonds is 10. The molecule has 2 aliphatic heterocycles. The summed E-state index contributed by atoms with van der Waals surface area (Å²) in [6, 6.07) is 12.4. The van der Waals surface area contributed by atoms with Crippen LogP contribution < -0.4 is 10.1 Å². The molecule has 188 valence electrons. The van der Waals surface area contributed by atoms with Gasteiger partial charge in [0.15, 0.2) is 0 Å². The lowest BCUT2D eigenvalue weighted by Crippen LogP contribution is -2.46. The average molecular weight is 479 g/mol. The number of fused-ring (bicyclic) bond motifs is 1. The van der Waals surface area contributed by atoms with E-state index in [0.717, 1.165) is 48.9 Å². The van der Waals surface area contributed by atoms with Gasteiger partial charge in [0.25, 0.3) is 0 Å². The Morgan fingerprint density at radius 2 is 1.94 bits per heavy atom. The summed E-state index contributed by atoms with van der Waals surface area (Å²) < 4.78 is 11.4. The Morgan fingerprint density at radius 3 is 2.60 bits per heavy atom. The minimum absolute atomic E-state index is 0.0842. The summed E-state index contributed by atoms with van der Waals surface area (Å²) in [5.41, 5.74) is 0.789. The number of carbonyl (C=O) groups is 2. The molecule has 2 aromatic carbocycles. The number of nitrogens with one attached hydrogen (secondary N) is 1. The lowest BCUT2D eigenvalue weighted by Gasteiger charge is -2.35. The van der Waals surface area contributed by atoms with Gasteiger partial charge in [0.2, 0.25) is 11.8 Å². The summed E-state index contributed by atoms with van der Waals surface area (Å²) in [6.07, 6.45) is 9.11. The zero-order chi connectivity index (χ0) is 24.3. The van der Waals surface area contributed by atoms with Crippen molar-refractivity contribution in [2.45, 2.75) is 75.9 Å². The van der Waals surface area contributed by atoms with Gasteiger partial charge in [-0.15, -0.1) is 0 Å². The van der Waals surface area contributed by atoms with Crippen LogP contribution in [0.4, 0.5) is 0 Å². The number of ether oxygens (including phenoxy) is 2. The maximum Gasteiger partial charge on any atom is 0.222 e. The van der Waals surface area contributed by atoms with Gasteiger partial charge in [-0.05, 0) is 67.9 Å². The molecule has 2 aromatic rings. The first-order valence-corrected chi connectivity index (χ1v) is 13.3. The molecule has 6 heteroatoms. The van der Waals surface area contributed by atoms with Gasteiger partial charge in [0.1, 0.15) is 5.75 Å². The van der Waals surface area contributed by atoms with Crippen LogP contribution in [0.1, 0.15) is 63.4 Å². The van der Waals surface area contributed by atoms with E-state index in [9.17, 15) is 9.59 Å². The lowest BCUT2D eigenvalue weighted by atomic mass is 9.83. The largest absolute Gasteiger partial charge is 0.496 e. The Hall–Kier alpha value is -2.60. The number of hydrogen-bond donors (Lipinski definition) is 1. The standard InChI is InChI=1S/C29H38N2O4/c1-34-26-12-11-22(24-9-2-3-10-25(24)26)18-29(15-13-27(32)30-29)16-14-28(33)31(19-21-6-4-7-21)20-23-8-5-17-35-23/h2-3,9-12,21,23H,4-8,13-20H2,1H3,(H,30,32). The third-order valence-electron chi connectivity index (χ3n) is 8.28. The summed E-state index contributed by atoms with van der Waals surface area (Å²) >= 11 is 0. The second-order valence-electron chi connectivity index (χ2n) is 10.7. The predicted molar refractivity (Wildman–Crippen MR) is 136 cm³/mol. The fourth-order valence-electron chi connectivity index (χ4n) is 6.02. The van der Waals surface area contributed by atoms with E-state index in [4.69, 9.17) is 9.47 Å². The van der Waals surface area contributed by atoms with Crippen LogP contribution >= 0.6 is 0 Å². The van der Waals surface area contributed by atoms with Crippen molar-refractivity contribution in [1.82, 2.24) is 10.2 Å². The Bertz CT molecular complexity index is 1060. The third-order valence-corrected chi connectivity index (χ3v) is 8.28. The molecule has 2 amide bonds. The molecule has 2 unspecified atom stereocenters. The molecule has 0 radical (unpaired) electrons. The summed E-state index contributed by atoms with van der Waals surface area (Å²) in [5.74, 6) is 1.77. The predicted octanol–water partition coefficient (Wildman–Crippen LogP) is 4.63. The topological polar surface area (TPSA) is 67.9 Å². The summed E-state index contributed by atoms with van der Waals surface area (Å²) in [7, 11) is 1.69. The van der Waals surface area contributed by atoms with Crippen LogP contribution in [0.3, 0.4) is 0 Å². The van der Waals surface area contributed by atoms with Crippen molar-refractivity contribution < 1.29 is 19.1 Å². The van der Waals surface area contributed by atoms with Crippen LogP contribution in [-0.2, 0) is 20.7 Å². The molecule has 0 bridgehead atoms. The summed E-state index contributed by atoms with van der Waals surface area (Å²) in [6.45, 7) is 2.36. The van der Waals surface area contributed by atoms with E-state index in [1.807, 2.05) is 18.2 Å². The van der Waals surface area contributed by atoms with E-state index >= 15 is 0 Å². The van der Waals surface area contributed by atoms with Crippen molar-refractivity contribution in [1.29, 1.82) is 0 Å². The molecule has 6 nitrogen and oxygen atoms in total. The molecule has 1 N–H and O–H groups in total. The van der Waals surface area contributed by atoms with E-state index in [1.165, 1.54) is 24.8 Å². The molecule has 2 saturated heterocycles. The third kappa shape index (κ3) is 5.48. The van der Waals surface area contributed by atoms with Crippen molar-refractivity contribution in [3.05, 3.63) is 42.0 Å². The monoisotopic (exact) mass is 478 g/mol. The van der Waals surface area contributed by atoms with Crippen molar-refractivity contribution in [3.8, 4) is 5.75 Å². The summed E-state index contributed by atoms with van der Waals surface area (Å²) in [4.78, 5) is 27.9. The first-order chi connectivity index (χ1) is 17.0. The first-order valence-electron chi connectivity index (χ1n) is 13.3. The maximum atomic E-state index is 13.5. The number of carbonyl (C=O) groups excluding carboxylic acids is 2. The number of methoxy groups -OCH3 is 1. The van der Waals surface area contributed by atoms with Gasteiger partial charge in [0.05, 0.1) is 13.2 Å². The SMILES string of the molecule is COc1ccc(CC2(CCC(=O)N(CC3CCC3)CC3CCCO3)CCC(=O)N2)c2ccccc12. The number of benzene rings is 2. The van der Waals surface area contributed by atoms with Crippen molar-refractivity contribution in [2.24, 2.45) is 5.92 Å². The van der Waals surface area contributed by atoms with Gasteiger partial charge < -0.3 is 19.7 Å². The van der Waals surface area contributed by atoms with Crippen LogP contribution in [0, 0.1) is 5.92 Å². The maximum absolute atomic E-state index is 13.5. The number of nitrogens with zero attached hydrogens (tertiary/aromatic N) is 1. The van der Waals surface area contributed by atoms with Gasteiger partial charge in [0, 0.05) is 43.5 Å². The molecule has 0 spiro atoms. The minimum Gasteiger partial charge on any atom is -0.496 e. The van der Waals surface area contributed by atoms with Gasteiger partial charge in [-0.3, -0.25) is 9.59 Å². The zero-order valence-corrected chi connectivity index (χ0v) is 20.9. The smallest absolute Gasteiger partial charge is 0.222 e. The molecule has 35 heavy (non-hydrogen) atoms. The van der Waals surface area contributed by atoms with E-state index < -0.39 is 5.54 Å². The molecule has 0 aromatic heterocycles. The highest BCUT2D eigenvalue weighted by Crippen LogP contribution is 2.35. The Labute approximate surface area is 208 Å². The van der Waals surface area contributed by atoms with Gasteiger partial charge in [-0.25, -0.2) is 0 Å². The second-order valence-corrected chi connectivity index (χ2v) is 10.7. The van der Waals surface area contributed by atoms with Crippen LogP contribution in [0.2, 0.25) is 0 Å². The highest BCUT2D eigenvalue weighted by Gasteiger charge is 2.39. The van der Waals surface area contributed by atoms with Gasteiger partial charge >= 0.3 is 0 Å². The average Bonchev–Trinajstić information content (AvgIpc) is 3.49. The van der Waals surface area contributed by atoms with Gasteiger partial charge in [-0.2, -0.15) is 0 Å². The van der Waals surface area contributed by atoms with E-state index in [-0.39, 0.29) is 17.9 Å². The normalized spacial score (nSPS) is 24.4. The Balaban J connectivity index is 1.32. The highest BCUT2D eigenvalue weighted by atomic mass is 16.5. The molecule has 2 heterocycles. The van der Waals surface area contributed by atoms with Crippen LogP contribution in [0.25, 0.3) is 10.8 Å². The van der Waals surface area contributed by atoms with Gasteiger partial charge in [-0.1, -0.05) is 36.8 Å². The molecule has 3 fully saturated rings. The van der Waals surface area contributed by atoms with E-state index in [0.29, 0.717) is 38.1 Å². The quantitative estimate of drug-likeness (QED) is 0.541. The first kappa shape index (κ1) is 24.1. The fourth-order valence-corrected chi connectivity index (χ4v) is 6.02. The van der Waals surface area contributed by atoms with Crippen molar-refractivity contribution >= 4 is 22.6 Å². The van der Waals surface area contributed by atoms with E-state index in [2.05, 4.69) is 28.4 Å². The lowest BCUT2D eigenvalue weighted by molar-refractivity contribution is -0.134. The molecule has 2 atom stereocenters. The molecule has 3 aliphatic rings. The van der Waals surface area contributed by atoms with E-state index in [1.54, 1.807) is 7.11 Å². The Kier molecular flexibility index (Phi) is 7.28. The molecular formula is C29H38N2O4. The highest BCUT2D eigenvalue weighted by molar-refractivity contribution is 5.91. The molecular weight excluding hydrogens is 440 g/mol. The van der Waals surface area contributed by atoms with Crippen molar-refractivity contribution in [3.63, 3.8) is 0 Å². The second kappa shape index (κ2) is 10.6. The number of hydrogen-bond acceptors (Lipinski definition) is 4. The minimum atomic E-state index is -0.393. The van der Waals surface area contributed by atoms with Crippen LogP contribution in [-0.4, -0.2) is 55.2 Å².